The van der Waals surface area contributed by atoms with E-state index >= 15 is 0 Å². The van der Waals surface area contributed by atoms with Crippen LogP contribution in [0.3, 0.4) is 0 Å². The number of morpholine rings is 1. The van der Waals surface area contributed by atoms with Gasteiger partial charge in [0.2, 0.25) is 10.0 Å². The van der Waals surface area contributed by atoms with Crippen LogP contribution in [0.15, 0.2) is 41.3 Å². The molecule has 0 amide bonds. The fraction of sp³-hybridized carbons (Fsp3) is 0.286. The predicted molar refractivity (Wildman–Crippen MR) is 111 cm³/mol. The normalized spacial score (nSPS) is 14.6. The summed E-state index contributed by atoms with van der Waals surface area (Å²) in [6.07, 6.45) is 0. The highest BCUT2D eigenvalue weighted by Gasteiger charge is 2.26. The van der Waals surface area contributed by atoms with Gasteiger partial charge in [0.1, 0.15) is 5.75 Å². The fourth-order valence-corrected chi connectivity index (χ4v) is 4.44. The van der Waals surface area contributed by atoms with Gasteiger partial charge < -0.3 is 14.6 Å². The van der Waals surface area contributed by atoms with Gasteiger partial charge in [0, 0.05) is 23.7 Å². The van der Waals surface area contributed by atoms with Gasteiger partial charge in [-0.15, -0.1) is 0 Å². The Balaban J connectivity index is 1.94. The first-order chi connectivity index (χ1) is 14.3. The Morgan fingerprint density at radius 3 is 2.57 bits per heavy atom. The number of hydrogen-bond donors (Lipinski definition) is 1. The minimum atomic E-state index is -3.64. The zero-order valence-electron chi connectivity index (χ0n) is 16.2. The fourth-order valence-electron chi connectivity index (χ4n) is 2.83. The lowest BCUT2D eigenvalue weighted by atomic mass is 10.1. The van der Waals surface area contributed by atoms with Crippen molar-refractivity contribution in [2.45, 2.75) is 11.8 Å². The highest BCUT2D eigenvalue weighted by Crippen LogP contribution is 2.23. The first-order valence-electron chi connectivity index (χ1n) is 9.12. The standard InChI is InChI=1S/C21H20ClNO6S/c1-15-2-6-19(30(26,27)23-8-10-28-11-9-23)13-16(15)3-4-17-12-18(22)5-7-20(17)29-14-21(24)25/h2,5-7,12-13H,8-11,14H2,1H3,(H,24,25). The summed E-state index contributed by atoms with van der Waals surface area (Å²) in [7, 11) is -3.64. The van der Waals surface area contributed by atoms with Crippen LogP contribution in [0, 0.1) is 18.8 Å². The third kappa shape index (κ3) is 5.32. The van der Waals surface area contributed by atoms with Crippen LogP contribution >= 0.6 is 11.6 Å². The topological polar surface area (TPSA) is 93.1 Å². The van der Waals surface area contributed by atoms with Crippen molar-refractivity contribution in [2.75, 3.05) is 32.9 Å². The number of benzene rings is 2. The molecule has 0 spiro atoms. The number of carboxylic acids is 1. The number of aryl methyl sites for hydroxylation is 1. The van der Waals surface area contributed by atoms with Gasteiger partial charge >= 0.3 is 5.97 Å². The summed E-state index contributed by atoms with van der Waals surface area (Å²) in [5.41, 5.74) is 1.75. The Hall–Kier alpha value is -2.57. The third-order valence-corrected chi connectivity index (χ3v) is 6.57. The van der Waals surface area contributed by atoms with Gasteiger partial charge in [-0.25, -0.2) is 13.2 Å². The van der Waals surface area contributed by atoms with Crippen LogP contribution in [0.5, 0.6) is 5.75 Å². The molecule has 0 unspecified atom stereocenters. The number of rotatable bonds is 5. The van der Waals surface area contributed by atoms with E-state index in [-0.39, 0.29) is 10.6 Å². The number of carbonyl (C=O) groups is 1. The van der Waals surface area contributed by atoms with Crippen molar-refractivity contribution in [3.05, 3.63) is 58.1 Å². The Labute approximate surface area is 180 Å². The van der Waals surface area contributed by atoms with Gasteiger partial charge in [0.25, 0.3) is 0 Å². The predicted octanol–water partition coefficient (Wildman–Crippen LogP) is 2.53. The van der Waals surface area contributed by atoms with Crippen LogP contribution in [0.25, 0.3) is 0 Å². The number of halogens is 1. The van der Waals surface area contributed by atoms with Crippen LogP contribution in [0.4, 0.5) is 0 Å². The zero-order valence-corrected chi connectivity index (χ0v) is 17.8. The molecule has 3 rings (SSSR count). The summed E-state index contributed by atoms with van der Waals surface area (Å²) < 4.78 is 37.7. The Morgan fingerprint density at radius 2 is 1.87 bits per heavy atom. The molecule has 0 bridgehead atoms. The van der Waals surface area contributed by atoms with Crippen LogP contribution in [-0.4, -0.2) is 56.7 Å². The molecule has 7 nitrogen and oxygen atoms in total. The van der Waals surface area contributed by atoms with Gasteiger partial charge in [-0.2, -0.15) is 4.31 Å². The molecule has 9 heteroatoms. The lowest BCUT2D eigenvalue weighted by molar-refractivity contribution is -0.139. The van der Waals surface area contributed by atoms with Crippen molar-refractivity contribution in [2.24, 2.45) is 0 Å². The molecule has 1 heterocycles. The van der Waals surface area contributed by atoms with Crippen molar-refractivity contribution in [3.8, 4) is 17.6 Å². The second kappa shape index (κ2) is 9.49. The molecule has 2 aromatic rings. The summed E-state index contributed by atoms with van der Waals surface area (Å²) in [5.74, 6) is 5.04. The first kappa shape index (κ1) is 22.1. The van der Waals surface area contributed by atoms with E-state index in [1.807, 2.05) is 6.92 Å². The Bertz CT molecular complexity index is 1110. The van der Waals surface area contributed by atoms with Crippen molar-refractivity contribution in [3.63, 3.8) is 0 Å². The first-order valence-corrected chi connectivity index (χ1v) is 10.9. The van der Waals surface area contributed by atoms with E-state index in [2.05, 4.69) is 11.8 Å². The van der Waals surface area contributed by atoms with Gasteiger partial charge in [-0.05, 0) is 42.8 Å². The van der Waals surface area contributed by atoms with Gasteiger partial charge in [0.05, 0.1) is 23.7 Å². The molecular formula is C21H20ClNO6S. The molecule has 1 fully saturated rings. The summed E-state index contributed by atoms with van der Waals surface area (Å²) in [4.78, 5) is 10.9. The maximum atomic E-state index is 12.9. The van der Waals surface area contributed by atoms with Crippen molar-refractivity contribution < 1.29 is 27.8 Å². The lowest BCUT2D eigenvalue weighted by Gasteiger charge is -2.26. The zero-order chi connectivity index (χ0) is 21.7. The molecule has 1 saturated heterocycles. The van der Waals surface area contributed by atoms with Crippen LogP contribution in [-0.2, 0) is 19.6 Å². The van der Waals surface area contributed by atoms with Crippen molar-refractivity contribution >= 4 is 27.6 Å². The quantitative estimate of drug-likeness (QED) is 0.705. The number of carboxylic acid groups (broad SMARTS) is 1. The monoisotopic (exact) mass is 449 g/mol. The van der Waals surface area contributed by atoms with Crippen LogP contribution in [0.2, 0.25) is 5.02 Å². The molecular weight excluding hydrogens is 430 g/mol. The van der Waals surface area contributed by atoms with Gasteiger partial charge in [-0.1, -0.05) is 29.5 Å². The maximum absolute atomic E-state index is 12.9. The summed E-state index contributed by atoms with van der Waals surface area (Å²) in [6, 6.07) is 9.49. The second-order valence-electron chi connectivity index (χ2n) is 6.57. The van der Waals surface area contributed by atoms with Gasteiger partial charge in [0.15, 0.2) is 6.61 Å². The van der Waals surface area contributed by atoms with Crippen molar-refractivity contribution in [1.82, 2.24) is 4.31 Å². The van der Waals surface area contributed by atoms with E-state index in [0.717, 1.165) is 5.56 Å². The minimum absolute atomic E-state index is 0.160. The highest BCUT2D eigenvalue weighted by atomic mass is 35.5. The highest BCUT2D eigenvalue weighted by molar-refractivity contribution is 7.89. The summed E-state index contributed by atoms with van der Waals surface area (Å²) >= 11 is 6.03. The number of ether oxygens (including phenoxy) is 2. The Morgan fingerprint density at radius 1 is 1.17 bits per heavy atom. The average molecular weight is 450 g/mol. The van der Waals surface area contributed by atoms with Gasteiger partial charge in [-0.3, -0.25) is 0 Å². The molecule has 1 N–H and O–H groups in total. The molecule has 30 heavy (non-hydrogen) atoms. The summed E-state index contributed by atoms with van der Waals surface area (Å²) in [6.45, 7) is 2.67. The molecule has 0 saturated carbocycles. The second-order valence-corrected chi connectivity index (χ2v) is 8.94. The molecule has 2 aromatic carbocycles. The summed E-state index contributed by atoms with van der Waals surface area (Å²) in [5, 5.41) is 9.24. The number of aliphatic carboxylic acids is 1. The average Bonchev–Trinajstić information content (AvgIpc) is 2.73. The molecule has 158 valence electrons. The largest absolute Gasteiger partial charge is 0.481 e. The molecule has 0 aromatic heterocycles. The SMILES string of the molecule is Cc1ccc(S(=O)(=O)N2CCOCC2)cc1C#Cc1cc(Cl)ccc1OCC(=O)O. The van der Waals surface area contributed by atoms with E-state index < -0.39 is 22.6 Å². The Kier molecular flexibility index (Phi) is 7.00. The molecule has 0 atom stereocenters. The smallest absolute Gasteiger partial charge is 0.341 e. The van der Waals surface area contributed by atoms with E-state index in [1.165, 1.54) is 10.4 Å². The van der Waals surface area contributed by atoms with Crippen molar-refractivity contribution in [1.29, 1.82) is 0 Å². The van der Waals surface area contributed by atoms with Crippen LogP contribution < -0.4 is 4.74 Å². The third-order valence-electron chi connectivity index (χ3n) is 4.44. The van der Waals surface area contributed by atoms with E-state index in [0.29, 0.717) is 42.5 Å². The minimum Gasteiger partial charge on any atom is -0.481 e. The number of sulfonamides is 1. The maximum Gasteiger partial charge on any atom is 0.341 e. The number of nitrogens with zero attached hydrogens (tertiary/aromatic N) is 1. The number of hydrogen-bond acceptors (Lipinski definition) is 5. The molecule has 0 radical (unpaired) electrons. The van der Waals surface area contributed by atoms with E-state index in [1.54, 1.807) is 30.3 Å². The molecule has 1 aliphatic heterocycles. The molecule has 0 aliphatic carbocycles. The molecule has 1 aliphatic rings. The van der Waals surface area contributed by atoms with E-state index in [4.69, 9.17) is 26.2 Å². The lowest BCUT2D eigenvalue weighted by Crippen LogP contribution is -2.40. The van der Waals surface area contributed by atoms with Crippen LogP contribution in [0.1, 0.15) is 16.7 Å². The van der Waals surface area contributed by atoms with E-state index in [9.17, 15) is 13.2 Å².